The second-order valence-corrected chi connectivity index (χ2v) is 12.8. The SMILES string of the molecule is Cc1ccc(S(=O)(=O)n2cc(C3=CN=CC(C4CC4)N3)c3cc(-c4nnc(-c5ccccc5)s4)ccc32)cc1. The standard InChI is InChI=1S/C30H25N5O2S2/c1-19-7-12-23(13-8-19)39(36,37)35-18-25(27-17-31-16-26(32-27)20-9-10-20)24-15-22(11-14-28(24)35)30-34-33-29(38-30)21-5-3-2-4-6-21/h2-8,11-18,20,26,32H,9-10H2,1H3. The van der Waals surface area contributed by atoms with Gasteiger partial charge in [0, 0.05) is 34.5 Å². The summed E-state index contributed by atoms with van der Waals surface area (Å²) >= 11 is 1.51. The Kier molecular flexibility index (Phi) is 5.71. The van der Waals surface area contributed by atoms with E-state index in [0.29, 0.717) is 11.4 Å². The Hall–Kier alpha value is -4.08. The van der Waals surface area contributed by atoms with Gasteiger partial charge in [-0.05, 0) is 56.0 Å². The lowest BCUT2D eigenvalue weighted by molar-refractivity contribution is 0.589. The summed E-state index contributed by atoms with van der Waals surface area (Å²) in [5.74, 6) is 0.565. The molecule has 7 nitrogen and oxygen atoms in total. The number of hydrogen-bond donors (Lipinski definition) is 1. The van der Waals surface area contributed by atoms with Gasteiger partial charge in [0.25, 0.3) is 10.0 Å². The fraction of sp³-hybridized carbons (Fsp3) is 0.167. The number of aryl methyl sites for hydroxylation is 1. The first-order valence-electron chi connectivity index (χ1n) is 12.8. The summed E-state index contributed by atoms with van der Waals surface area (Å²) in [4.78, 5) is 4.76. The fourth-order valence-corrected chi connectivity index (χ4v) is 7.13. The van der Waals surface area contributed by atoms with Crippen LogP contribution >= 0.6 is 11.3 Å². The van der Waals surface area contributed by atoms with Crippen molar-refractivity contribution in [3.63, 3.8) is 0 Å². The van der Waals surface area contributed by atoms with E-state index in [1.165, 1.54) is 28.2 Å². The minimum atomic E-state index is -3.83. The zero-order valence-corrected chi connectivity index (χ0v) is 22.8. The molecule has 0 bridgehead atoms. The second-order valence-electron chi connectivity index (χ2n) is 10.0. The van der Waals surface area contributed by atoms with Gasteiger partial charge in [-0.15, -0.1) is 10.2 Å². The third kappa shape index (κ3) is 4.37. The Morgan fingerprint density at radius 1 is 0.923 bits per heavy atom. The van der Waals surface area contributed by atoms with E-state index in [9.17, 15) is 8.42 Å². The average Bonchev–Trinajstić information content (AvgIpc) is 3.57. The molecular formula is C30H25N5O2S2. The van der Waals surface area contributed by atoms with E-state index in [-0.39, 0.29) is 10.9 Å². The summed E-state index contributed by atoms with van der Waals surface area (Å²) in [5.41, 5.74) is 5.10. The summed E-state index contributed by atoms with van der Waals surface area (Å²) in [5, 5.41) is 14.9. The molecule has 5 aromatic rings. The third-order valence-corrected chi connectivity index (χ3v) is 9.94. The maximum absolute atomic E-state index is 13.8. The topological polar surface area (TPSA) is 89.2 Å². The number of benzene rings is 3. The van der Waals surface area contributed by atoms with Crippen molar-refractivity contribution in [1.82, 2.24) is 19.5 Å². The van der Waals surface area contributed by atoms with Crippen LogP contribution in [0.15, 0.2) is 95.1 Å². The lowest BCUT2D eigenvalue weighted by Gasteiger charge is -2.20. The van der Waals surface area contributed by atoms with Gasteiger partial charge >= 0.3 is 0 Å². The van der Waals surface area contributed by atoms with Crippen LogP contribution in [0.4, 0.5) is 0 Å². The van der Waals surface area contributed by atoms with Crippen molar-refractivity contribution >= 4 is 44.2 Å². The van der Waals surface area contributed by atoms with E-state index in [1.807, 2.05) is 73.8 Å². The minimum absolute atomic E-state index is 0.150. The molecule has 2 aromatic heterocycles. The molecule has 0 amide bonds. The molecule has 2 aliphatic rings. The Balaban J connectivity index is 1.37. The van der Waals surface area contributed by atoms with Gasteiger partial charge in [-0.1, -0.05) is 59.4 Å². The first-order valence-corrected chi connectivity index (χ1v) is 15.1. The predicted octanol–water partition coefficient (Wildman–Crippen LogP) is 6.12. The van der Waals surface area contributed by atoms with Gasteiger partial charge in [0.15, 0.2) is 0 Å². The highest BCUT2D eigenvalue weighted by atomic mass is 32.2. The van der Waals surface area contributed by atoms with E-state index in [4.69, 9.17) is 0 Å². The molecule has 7 rings (SSSR count). The van der Waals surface area contributed by atoms with Crippen LogP contribution in [0.2, 0.25) is 0 Å². The van der Waals surface area contributed by atoms with Crippen LogP contribution in [0, 0.1) is 12.8 Å². The highest BCUT2D eigenvalue weighted by molar-refractivity contribution is 7.90. The van der Waals surface area contributed by atoms with Crippen molar-refractivity contribution in [3.8, 4) is 21.1 Å². The normalized spacial score (nSPS) is 17.3. The summed E-state index contributed by atoms with van der Waals surface area (Å²) in [6, 6.07) is 22.8. The van der Waals surface area contributed by atoms with Crippen LogP contribution in [-0.2, 0) is 10.0 Å². The zero-order valence-electron chi connectivity index (χ0n) is 21.2. The maximum atomic E-state index is 13.8. The molecule has 9 heteroatoms. The molecule has 3 aromatic carbocycles. The molecule has 1 fully saturated rings. The zero-order chi connectivity index (χ0) is 26.6. The quantitative estimate of drug-likeness (QED) is 0.275. The van der Waals surface area contributed by atoms with E-state index in [2.05, 4.69) is 20.5 Å². The number of nitrogens with one attached hydrogen (secondary N) is 1. The monoisotopic (exact) mass is 551 g/mol. The molecule has 0 radical (unpaired) electrons. The van der Waals surface area contributed by atoms with Crippen molar-refractivity contribution in [1.29, 1.82) is 0 Å². The number of hydrogen-bond acceptors (Lipinski definition) is 7. The van der Waals surface area contributed by atoms with Gasteiger partial charge in [0.2, 0.25) is 0 Å². The molecule has 1 aliphatic carbocycles. The van der Waals surface area contributed by atoms with Gasteiger partial charge < -0.3 is 5.32 Å². The number of aromatic nitrogens is 3. The summed E-state index contributed by atoms with van der Waals surface area (Å²) in [7, 11) is -3.83. The molecule has 1 N–H and O–H groups in total. The van der Waals surface area contributed by atoms with Crippen LogP contribution in [0.3, 0.4) is 0 Å². The van der Waals surface area contributed by atoms with Crippen molar-refractivity contribution in [3.05, 3.63) is 96.3 Å². The van der Waals surface area contributed by atoms with Gasteiger partial charge in [0.1, 0.15) is 10.0 Å². The van der Waals surface area contributed by atoms with E-state index < -0.39 is 10.0 Å². The third-order valence-electron chi connectivity index (χ3n) is 7.23. The van der Waals surface area contributed by atoms with Crippen LogP contribution in [0.25, 0.3) is 37.7 Å². The van der Waals surface area contributed by atoms with Gasteiger partial charge in [-0.2, -0.15) is 0 Å². The number of fused-ring (bicyclic) bond motifs is 1. The number of rotatable bonds is 6. The molecule has 1 unspecified atom stereocenters. The smallest absolute Gasteiger partial charge is 0.268 e. The fourth-order valence-electron chi connectivity index (χ4n) is 4.91. The van der Waals surface area contributed by atoms with Crippen molar-refractivity contribution in [2.45, 2.75) is 30.7 Å². The largest absolute Gasteiger partial charge is 0.375 e. The summed E-state index contributed by atoms with van der Waals surface area (Å²) < 4.78 is 29.0. The van der Waals surface area contributed by atoms with E-state index in [0.717, 1.165) is 43.4 Å². The predicted molar refractivity (Wildman–Crippen MR) is 156 cm³/mol. The van der Waals surface area contributed by atoms with Crippen molar-refractivity contribution in [2.24, 2.45) is 10.9 Å². The van der Waals surface area contributed by atoms with Crippen molar-refractivity contribution in [2.75, 3.05) is 0 Å². The average molecular weight is 552 g/mol. The number of nitrogens with zero attached hydrogens (tertiary/aromatic N) is 4. The molecule has 0 saturated heterocycles. The molecule has 1 saturated carbocycles. The van der Waals surface area contributed by atoms with Crippen LogP contribution in [0.5, 0.6) is 0 Å². The molecule has 194 valence electrons. The highest BCUT2D eigenvalue weighted by Crippen LogP contribution is 2.38. The first kappa shape index (κ1) is 24.0. The summed E-state index contributed by atoms with van der Waals surface area (Å²) in [6.07, 6.45) is 7.78. The number of aliphatic imine (C=N–C) groups is 1. The van der Waals surface area contributed by atoms with Gasteiger partial charge in [-0.25, -0.2) is 12.4 Å². The molecule has 39 heavy (non-hydrogen) atoms. The van der Waals surface area contributed by atoms with Crippen molar-refractivity contribution < 1.29 is 8.42 Å². The lowest BCUT2D eigenvalue weighted by Crippen LogP contribution is -2.33. The maximum Gasteiger partial charge on any atom is 0.268 e. The Labute approximate surface area is 230 Å². The Morgan fingerprint density at radius 2 is 1.67 bits per heavy atom. The summed E-state index contributed by atoms with van der Waals surface area (Å²) in [6.45, 7) is 1.94. The lowest BCUT2D eigenvalue weighted by atomic mass is 10.1. The minimum Gasteiger partial charge on any atom is -0.375 e. The van der Waals surface area contributed by atoms with Crippen LogP contribution in [0.1, 0.15) is 24.0 Å². The van der Waals surface area contributed by atoms with Crippen LogP contribution < -0.4 is 5.32 Å². The van der Waals surface area contributed by atoms with Gasteiger partial charge in [0.05, 0.1) is 28.4 Å². The Bertz CT molecular complexity index is 1870. The van der Waals surface area contributed by atoms with E-state index in [1.54, 1.807) is 24.5 Å². The van der Waals surface area contributed by atoms with Gasteiger partial charge in [-0.3, -0.25) is 4.99 Å². The van der Waals surface area contributed by atoms with Crippen LogP contribution in [-0.4, -0.2) is 34.8 Å². The second kappa shape index (κ2) is 9.29. The molecule has 3 heterocycles. The molecule has 1 aliphatic heterocycles. The Morgan fingerprint density at radius 3 is 2.41 bits per heavy atom. The molecule has 0 spiro atoms. The molecule has 1 atom stereocenters. The van der Waals surface area contributed by atoms with E-state index >= 15 is 0 Å². The highest BCUT2D eigenvalue weighted by Gasteiger charge is 2.32. The first-order chi connectivity index (χ1) is 19.0. The molecular weight excluding hydrogens is 526 g/mol.